The largest absolute Gasteiger partial charge is 0.479 e. The Kier molecular flexibility index (Phi) is 6.65. The van der Waals surface area contributed by atoms with Gasteiger partial charge in [0, 0.05) is 16.8 Å². The van der Waals surface area contributed by atoms with E-state index in [2.05, 4.69) is 0 Å². The molecule has 10 heteroatoms. The fourth-order valence-corrected chi connectivity index (χ4v) is 3.09. The van der Waals surface area contributed by atoms with E-state index in [-0.39, 0.29) is 22.6 Å². The van der Waals surface area contributed by atoms with Crippen molar-refractivity contribution in [3.63, 3.8) is 0 Å². The van der Waals surface area contributed by atoms with Crippen LogP contribution in [0.15, 0.2) is 54.6 Å². The van der Waals surface area contributed by atoms with Gasteiger partial charge in [-0.1, -0.05) is 36.4 Å². The lowest BCUT2D eigenvalue weighted by molar-refractivity contribution is -0.145. The summed E-state index contributed by atoms with van der Waals surface area (Å²) >= 11 is 0. The Labute approximate surface area is 171 Å². The van der Waals surface area contributed by atoms with Crippen molar-refractivity contribution >= 4 is 35.1 Å². The second-order valence-electron chi connectivity index (χ2n) is 6.40. The SMILES string of the molecule is N=C(N)c1cccc(C(=O)[C@@](CC(N)=O)(C(=O)O)N(C(=O)CN)c2ccccc2)c1. The standard InChI is InChI=1S/C20H21N5O5/c21-11-16(27)25(14-7-2-1-3-8-14)20(19(29)30,10-15(22)26)17(28)12-5-4-6-13(9-12)18(23)24/h1-9H,10-11,21H2,(H2,22,26)(H3,23,24)(H,29,30)/t20-/m0/s1. The number of carboxylic acid groups (broad SMARTS) is 1. The number of para-hydroxylation sites is 1. The number of nitrogen functional groups attached to an aromatic ring is 1. The van der Waals surface area contributed by atoms with E-state index in [0.717, 1.165) is 0 Å². The molecule has 2 aromatic rings. The summed E-state index contributed by atoms with van der Waals surface area (Å²) in [5.74, 6) is -5.20. The van der Waals surface area contributed by atoms with Gasteiger partial charge in [0.25, 0.3) is 0 Å². The molecule has 156 valence electrons. The number of Topliss-reactive ketones (excluding diaryl/α,β-unsaturated/α-hetero) is 1. The minimum atomic E-state index is -2.70. The number of nitrogens with one attached hydrogen (secondary N) is 1. The average molecular weight is 411 g/mol. The van der Waals surface area contributed by atoms with Crippen molar-refractivity contribution < 1.29 is 24.3 Å². The maximum Gasteiger partial charge on any atom is 0.338 e. The third-order valence-corrected chi connectivity index (χ3v) is 4.42. The fourth-order valence-electron chi connectivity index (χ4n) is 3.09. The van der Waals surface area contributed by atoms with Crippen LogP contribution >= 0.6 is 0 Å². The van der Waals surface area contributed by atoms with Gasteiger partial charge in [0.15, 0.2) is 0 Å². The first kappa shape index (κ1) is 22.2. The summed E-state index contributed by atoms with van der Waals surface area (Å²) in [4.78, 5) is 51.3. The van der Waals surface area contributed by atoms with Crippen LogP contribution in [0.2, 0.25) is 0 Å². The highest BCUT2D eigenvalue weighted by molar-refractivity contribution is 6.24. The number of benzene rings is 2. The van der Waals surface area contributed by atoms with Gasteiger partial charge >= 0.3 is 5.97 Å². The van der Waals surface area contributed by atoms with Gasteiger partial charge in [-0.3, -0.25) is 24.7 Å². The number of carbonyl (C=O) groups is 4. The number of primary amides is 1. The summed E-state index contributed by atoms with van der Waals surface area (Å²) in [5, 5.41) is 17.7. The summed E-state index contributed by atoms with van der Waals surface area (Å²) in [5.41, 5.74) is 13.6. The number of carboxylic acids is 1. The van der Waals surface area contributed by atoms with E-state index in [0.29, 0.717) is 4.90 Å². The third-order valence-electron chi connectivity index (χ3n) is 4.42. The third kappa shape index (κ3) is 4.18. The zero-order valence-electron chi connectivity index (χ0n) is 15.9. The normalized spacial score (nSPS) is 12.4. The van der Waals surface area contributed by atoms with Crippen LogP contribution in [0.5, 0.6) is 0 Å². The zero-order chi connectivity index (χ0) is 22.5. The molecule has 0 fully saturated rings. The second kappa shape index (κ2) is 8.97. The van der Waals surface area contributed by atoms with Crippen LogP contribution in [0.1, 0.15) is 22.3 Å². The zero-order valence-corrected chi connectivity index (χ0v) is 15.9. The smallest absolute Gasteiger partial charge is 0.338 e. The summed E-state index contributed by atoms with van der Waals surface area (Å²) in [7, 11) is 0. The number of ketones is 1. The van der Waals surface area contributed by atoms with Gasteiger partial charge in [-0.15, -0.1) is 0 Å². The average Bonchev–Trinajstić information content (AvgIpc) is 2.72. The molecule has 0 aliphatic heterocycles. The number of nitrogens with two attached hydrogens (primary N) is 3. The predicted molar refractivity (Wildman–Crippen MR) is 109 cm³/mol. The molecule has 0 bridgehead atoms. The van der Waals surface area contributed by atoms with Crippen LogP contribution in [-0.4, -0.2) is 46.6 Å². The van der Waals surface area contributed by atoms with Gasteiger partial charge in [-0.05, 0) is 18.2 Å². The first-order valence-electron chi connectivity index (χ1n) is 8.74. The monoisotopic (exact) mass is 411 g/mol. The molecule has 0 aliphatic rings. The Morgan fingerprint density at radius 3 is 2.07 bits per heavy atom. The Hall–Kier alpha value is -4.05. The maximum absolute atomic E-state index is 13.5. The van der Waals surface area contributed by atoms with Gasteiger partial charge in [0.05, 0.1) is 13.0 Å². The van der Waals surface area contributed by atoms with E-state index in [1.54, 1.807) is 6.07 Å². The van der Waals surface area contributed by atoms with E-state index in [4.69, 9.17) is 22.6 Å². The molecule has 0 aromatic heterocycles. The van der Waals surface area contributed by atoms with Crippen LogP contribution in [-0.2, 0) is 14.4 Å². The molecule has 0 heterocycles. The highest BCUT2D eigenvalue weighted by Gasteiger charge is 2.55. The molecule has 2 aromatic carbocycles. The van der Waals surface area contributed by atoms with E-state index < -0.39 is 42.1 Å². The van der Waals surface area contributed by atoms with E-state index in [9.17, 15) is 24.3 Å². The molecule has 30 heavy (non-hydrogen) atoms. The van der Waals surface area contributed by atoms with Crippen molar-refractivity contribution in [2.45, 2.75) is 12.0 Å². The number of hydrogen-bond donors (Lipinski definition) is 5. The molecule has 0 saturated heterocycles. The number of anilines is 1. The molecule has 2 amide bonds. The molecule has 0 saturated carbocycles. The van der Waals surface area contributed by atoms with Crippen LogP contribution in [0, 0.1) is 5.41 Å². The molecule has 8 N–H and O–H groups in total. The number of rotatable bonds is 9. The van der Waals surface area contributed by atoms with Crippen molar-refractivity contribution in [2.75, 3.05) is 11.4 Å². The fraction of sp³-hybridized carbons (Fsp3) is 0.150. The molecule has 0 unspecified atom stereocenters. The first-order chi connectivity index (χ1) is 14.1. The van der Waals surface area contributed by atoms with Crippen molar-refractivity contribution in [2.24, 2.45) is 17.2 Å². The molecule has 0 radical (unpaired) electrons. The lowest BCUT2D eigenvalue weighted by Gasteiger charge is -2.38. The van der Waals surface area contributed by atoms with Crippen LogP contribution in [0.25, 0.3) is 0 Å². The number of amidine groups is 1. The van der Waals surface area contributed by atoms with Gasteiger partial charge in [0.2, 0.25) is 23.1 Å². The van der Waals surface area contributed by atoms with Crippen LogP contribution < -0.4 is 22.1 Å². The number of aliphatic carboxylic acids is 1. The molecular formula is C20H21N5O5. The maximum atomic E-state index is 13.5. The number of carbonyl (C=O) groups excluding carboxylic acids is 3. The van der Waals surface area contributed by atoms with Crippen molar-refractivity contribution in [1.82, 2.24) is 0 Å². The highest BCUT2D eigenvalue weighted by atomic mass is 16.4. The molecule has 2 rings (SSSR count). The molecule has 1 atom stereocenters. The summed E-state index contributed by atoms with van der Waals surface area (Å²) < 4.78 is 0. The van der Waals surface area contributed by atoms with Crippen molar-refractivity contribution in [3.8, 4) is 0 Å². The highest BCUT2D eigenvalue weighted by Crippen LogP contribution is 2.32. The molecule has 10 nitrogen and oxygen atoms in total. The van der Waals surface area contributed by atoms with Crippen molar-refractivity contribution in [1.29, 1.82) is 5.41 Å². The Morgan fingerprint density at radius 1 is 0.967 bits per heavy atom. The predicted octanol–water partition coefficient (Wildman–Crippen LogP) is -0.156. The van der Waals surface area contributed by atoms with E-state index in [1.807, 2.05) is 0 Å². The Morgan fingerprint density at radius 2 is 1.57 bits per heavy atom. The molecule has 0 aliphatic carbocycles. The van der Waals surface area contributed by atoms with Gasteiger partial charge in [-0.25, -0.2) is 4.79 Å². The topological polar surface area (TPSA) is 194 Å². The number of nitrogens with zero attached hydrogens (tertiary/aromatic N) is 1. The summed E-state index contributed by atoms with van der Waals surface area (Å²) in [6, 6.07) is 12.9. The minimum absolute atomic E-state index is 0.0488. The Balaban J connectivity index is 2.82. The summed E-state index contributed by atoms with van der Waals surface area (Å²) in [6.45, 7) is -0.622. The van der Waals surface area contributed by atoms with Gasteiger partial charge < -0.3 is 22.3 Å². The van der Waals surface area contributed by atoms with Crippen LogP contribution in [0.4, 0.5) is 5.69 Å². The summed E-state index contributed by atoms with van der Waals surface area (Å²) in [6.07, 6.45) is -0.994. The van der Waals surface area contributed by atoms with Crippen molar-refractivity contribution in [3.05, 3.63) is 65.7 Å². The van der Waals surface area contributed by atoms with Gasteiger partial charge in [-0.2, -0.15) is 0 Å². The van der Waals surface area contributed by atoms with Crippen LogP contribution in [0.3, 0.4) is 0 Å². The molecule has 0 spiro atoms. The van der Waals surface area contributed by atoms with E-state index in [1.165, 1.54) is 48.5 Å². The Bertz CT molecular complexity index is 1010. The first-order valence-corrected chi connectivity index (χ1v) is 8.74. The lowest BCUT2D eigenvalue weighted by Crippen LogP contribution is -2.65. The quantitative estimate of drug-likeness (QED) is 0.164. The van der Waals surface area contributed by atoms with Gasteiger partial charge in [0.1, 0.15) is 5.84 Å². The molecular weight excluding hydrogens is 390 g/mol. The number of hydrogen-bond acceptors (Lipinski definition) is 6. The minimum Gasteiger partial charge on any atom is -0.479 e. The van der Waals surface area contributed by atoms with E-state index >= 15 is 0 Å². The lowest BCUT2D eigenvalue weighted by atomic mass is 9.82. The number of amides is 2. The second-order valence-corrected chi connectivity index (χ2v) is 6.40.